The number of hydrogen-bond acceptors (Lipinski definition) is 5. The standard InChI is InChI=1S/C15H12ClN3OS/c1-19(11-6-4-10(16)5-7-11)15-18-13(9-20)12-3-2-8-17-14(12)21-15/h2-9,13H,1H3. The summed E-state index contributed by atoms with van der Waals surface area (Å²) in [6, 6.07) is 10.7. The number of hydrogen-bond donors (Lipinski definition) is 0. The first kappa shape index (κ1) is 14.1. The van der Waals surface area contributed by atoms with E-state index in [0.717, 1.165) is 27.7 Å². The minimum absolute atomic E-state index is 0.500. The Morgan fingerprint density at radius 2 is 2.05 bits per heavy atom. The topological polar surface area (TPSA) is 45.6 Å². The molecule has 1 unspecified atom stereocenters. The fraction of sp³-hybridized carbons (Fsp3) is 0.133. The van der Waals surface area contributed by atoms with Gasteiger partial charge in [-0.3, -0.25) is 0 Å². The number of pyridine rings is 1. The molecule has 1 aliphatic heterocycles. The minimum atomic E-state index is -0.500. The van der Waals surface area contributed by atoms with Crippen molar-refractivity contribution in [2.24, 2.45) is 4.99 Å². The molecule has 106 valence electrons. The molecule has 0 amide bonds. The second kappa shape index (κ2) is 5.87. The second-order valence-electron chi connectivity index (χ2n) is 4.53. The highest BCUT2D eigenvalue weighted by atomic mass is 35.5. The molecule has 0 aliphatic carbocycles. The predicted molar refractivity (Wildman–Crippen MR) is 86.2 cm³/mol. The molecule has 0 saturated heterocycles. The van der Waals surface area contributed by atoms with E-state index >= 15 is 0 Å². The van der Waals surface area contributed by atoms with Crippen LogP contribution in [0.2, 0.25) is 5.02 Å². The molecule has 21 heavy (non-hydrogen) atoms. The van der Waals surface area contributed by atoms with Crippen LogP contribution in [0.5, 0.6) is 0 Å². The van der Waals surface area contributed by atoms with Crippen molar-refractivity contribution in [1.82, 2.24) is 4.98 Å². The number of aldehydes is 1. The van der Waals surface area contributed by atoms with Gasteiger partial charge in [-0.25, -0.2) is 9.98 Å². The van der Waals surface area contributed by atoms with E-state index in [0.29, 0.717) is 5.02 Å². The number of nitrogens with zero attached hydrogens (tertiary/aromatic N) is 3. The molecule has 1 aromatic heterocycles. The number of aromatic nitrogens is 1. The van der Waals surface area contributed by atoms with Gasteiger partial charge in [-0.15, -0.1) is 0 Å². The van der Waals surface area contributed by atoms with Crippen LogP contribution in [0.3, 0.4) is 0 Å². The molecule has 4 nitrogen and oxygen atoms in total. The van der Waals surface area contributed by atoms with E-state index in [1.807, 2.05) is 48.3 Å². The van der Waals surface area contributed by atoms with E-state index in [2.05, 4.69) is 9.98 Å². The lowest BCUT2D eigenvalue weighted by Gasteiger charge is -2.26. The summed E-state index contributed by atoms with van der Waals surface area (Å²) in [4.78, 5) is 22.1. The Bertz CT molecular complexity index is 702. The molecule has 1 atom stereocenters. The maximum absolute atomic E-state index is 11.3. The van der Waals surface area contributed by atoms with Crippen LogP contribution in [0.4, 0.5) is 5.69 Å². The van der Waals surface area contributed by atoms with Gasteiger partial charge in [0.1, 0.15) is 17.4 Å². The number of anilines is 1. The van der Waals surface area contributed by atoms with Crippen molar-refractivity contribution < 1.29 is 4.79 Å². The monoisotopic (exact) mass is 317 g/mol. The predicted octanol–water partition coefficient (Wildman–Crippen LogP) is 3.57. The molecular formula is C15H12ClN3OS. The Morgan fingerprint density at radius 3 is 2.76 bits per heavy atom. The fourth-order valence-electron chi connectivity index (χ4n) is 2.05. The summed E-state index contributed by atoms with van der Waals surface area (Å²) < 4.78 is 0. The number of rotatable bonds is 2. The van der Waals surface area contributed by atoms with Crippen LogP contribution in [0.15, 0.2) is 52.6 Å². The van der Waals surface area contributed by atoms with Crippen molar-refractivity contribution >= 4 is 40.5 Å². The highest BCUT2D eigenvalue weighted by molar-refractivity contribution is 8.14. The van der Waals surface area contributed by atoms with Crippen LogP contribution in [0.25, 0.3) is 0 Å². The highest BCUT2D eigenvalue weighted by Crippen LogP contribution is 2.35. The van der Waals surface area contributed by atoms with Gasteiger partial charge in [0.15, 0.2) is 5.17 Å². The molecule has 0 spiro atoms. The van der Waals surface area contributed by atoms with Crippen molar-refractivity contribution in [3.63, 3.8) is 0 Å². The number of aliphatic imine (C=N–C) groups is 1. The van der Waals surface area contributed by atoms with Gasteiger partial charge < -0.3 is 9.69 Å². The zero-order valence-corrected chi connectivity index (χ0v) is 12.8. The fourth-order valence-corrected chi connectivity index (χ4v) is 3.18. The molecule has 2 heterocycles. The third kappa shape index (κ3) is 2.80. The van der Waals surface area contributed by atoms with Crippen LogP contribution in [0.1, 0.15) is 11.6 Å². The molecule has 0 fully saturated rings. The van der Waals surface area contributed by atoms with Crippen molar-refractivity contribution in [3.05, 3.63) is 53.2 Å². The Kier molecular flexibility index (Phi) is 3.94. The minimum Gasteiger partial charge on any atom is -0.324 e. The second-order valence-corrected chi connectivity index (χ2v) is 5.92. The van der Waals surface area contributed by atoms with Gasteiger partial charge in [0.05, 0.1) is 0 Å². The molecular weight excluding hydrogens is 306 g/mol. The van der Waals surface area contributed by atoms with Crippen LogP contribution >= 0.6 is 23.4 Å². The molecule has 0 N–H and O–H groups in total. The summed E-state index contributed by atoms with van der Waals surface area (Å²) in [5.74, 6) is 0. The van der Waals surface area contributed by atoms with Gasteiger partial charge >= 0.3 is 0 Å². The molecule has 0 saturated carbocycles. The van der Waals surface area contributed by atoms with E-state index in [-0.39, 0.29) is 0 Å². The molecule has 2 aromatic rings. The SMILES string of the molecule is CN(C1=NC(C=O)c2cccnc2S1)c1ccc(Cl)cc1. The lowest BCUT2D eigenvalue weighted by atomic mass is 10.1. The smallest absolute Gasteiger partial charge is 0.170 e. The summed E-state index contributed by atoms with van der Waals surface area (Å²) in [5.41, 5.74) is 1.81. The van der Waals surface area contributed by atoms with E-state index in [1.54, 1.807) is 6.20 Å². The van der Waals surface area contributed by atoms with Gasteiger partial charge in [0, 0.05) is 29.5 Å². The summed E-state index contributed by atoms with van der Waals surface area (Å²) in [7, 11) is 1.91. The first-order valence-corrected chi connectivity index (χ1v) is 7.53. The maximum Gasteiger partial charge on any atom is 0.170 e. The third-order valence-corrected chi connectivity index (χ3v) is 4.53. The number of carbonyl (C=O) groups is 1. The number of thioether (sulfide) groups is 1. The Labute approximate surface area is 131 Å². The van der Waals surface area contributed by atoms with Gasteiger partial charge in [-0.05, 0) is 42.1 Å². The van der Waals surface area contributed by atoms with Crippen molar-refractivity contribution in [3.8, 4) is 0 Å². The molecule has 0 radical (unpaired) electrons. The first-order valence-electron chi connectivity index (χ1n) is 6.34. The number of carbonyl (C=O) groups excluding carboxylic acids is 1. The Balaban J connectivity index is 1.94. The summed E-state index contributed by atoms with van der Waals surface area (Å²) in [5, 5.41) is 2.24. The summed E-state index contributed by atoms with van der Waals surface area (Å²) >= 11 is 7.36. The third-order valence-electron chi connectivity index (χ3n) is 3.19. The number of benzene rings is 1. The van der Waals surface area contributed by atoms with Crippen molar-refractivity contribution in [2.75, 3.05) is 11.9 Å². The summed E-state index contributed by atoms with van der Waals surface area (Å²) in [6.45, 7) is 0. The van der Waals surface area contributed by atoms with Crippen LogP contribution in [0, 0.1) is 0 Å². The highest BCUT2D eigenvalue weighted by Gasteiger charge is 2.25. The van der Waals surface area contributed by atoms with Gasteiger partial charge in [-0.2, -0.15) is 0 Å². The van der Waals surface area contributed by atoms with Crippen LogP contribution in [-0.2, 0) is 4.79 Å². The normalized spacial score (nSPS) is 16.9. The Morgan fingerprint density at radius 1 is 1.29 bits per heavy atom. The van der Waals surface area contributed by atoms with E-state index in [1.165, 1.54) is 11.8 Å². The molecule has 6 heteroatoms. The zero-order valence-electron chi connectivity index (χ0n) is 11.2. The van der Waals surface area contributed by atoms with Crippen LogP contribution < -0.4 is 4.90 Å². The number of fused-ring (bicyclic) bond motifs is 1. The van der Waals surface area contributed by atoms with Crippen LogP contribution in [-0.4, -0.2) is 23.5 Å². The molecule has 1 aromatic carbocycles. The maximum atomic E-state index is 11.3. The van der Waals surface area contributed by atoms with Crippen molar-refractivity contribution in [1.29, 1.82) is 0 Å². The average molecular weight is 318 g/mol. The van der Waals surface area contributed by atoms with E-state index < -0.39 is 6.04 Å². The van der Waals surface area contributed by atoms with Gasteiger partial charge in [0.2, 0.25) is 0 Å². The van der Waals surface area contributed by atoms with Gasteiger partial charge in [0.25, 0.3) is 0 Å². The number of halogens is 1. The Hall–Kier alpha value is -1.85. The molecule has 3 rings (SSSR count). The zero-order chi connectivity index (χ0) is 14.8. The van der Waals surface area contributed by atoms with E-state index in [4.69, 9.17) is 11.6 Å². The lowest BCUT2D eigenvalue weighted by molar-refractivity contribution is -0.109. The van der Waals surface area contributed by atoms with Crippen molar-refractivity contribution in [2.45, 2.75) is 11.1 Å². The molecule has 0 bridgehead atoms. The summed E-state index contributed by atoms with van der Waals surface area (Å²) in [6.07, 6.45) is 2.56. The first-order chi connectivity index (χ1) is 10.2. The quantitative estimate of drug-likeness (QED) is 0.794. The van der Waals surface area contributed by atoms with Gasteiger partial charge in [-0.1, -0.05) is 17.7 Å². The average Bonchev–Trinajstić information content (AvgIpc) is 2.53. The largest absolute Gasteiger partial charge is 0.324 e. The molecule has 1 aliphatic rings. The van der Waals surface area contributed by atoms with E-state index in [9.17, 15) is 4.79 Å². The lowest BCUT2D eigenvalue weighted by Crippen LogP contribution is -2.27. The number of amidine groups is 1.